The van der Waals surface area contributed by atoms with Gasteiger partial charge in [-0.25, -0.2) is 4.98 Å². The van der Waals surface area contributed by atoms with Crippen LogP contribution in [-0.2, 0) is 9.59 Å². The van der Waals surface area contributed by atoms with Crippen LogP contribution in [0.5, 0.6) is 0 Å². The summed E-state index contributed by atoms with van der Waals surface area (Å²) in [6, 6.07) is 22.1. The molecule has 1 unspecified atom stereocenters. The van der Waals surface area contributed by atoms with Crippen molar-refractivity contribution in [2.24, 2.45) is 5.41 Å². The summed E-state index contributed by atoms with van der Waals surface area (Å²) < 4.78 is 0. The molecule has 0 saturated carbocycles. The lowest BCUT2D eigenvalue weighted by atomic mass is 9.92. The van der Waals surface area contributed by atoms with Gasteiger partial charge in [-0.15, -0.1) is 23.1 Å². The molecule has 0 bridgehead atoms. The molecule has 1 atom stereocenters. The predicted molar refractivity (Wildman–Crippen MR) is 153 cm³/mol. The summed E-state index contributed by atoms with van der Waals surface area (Å²) in [5, 5.41) is 10.6. The molecule has 0 aliphatic rings. The van der Waals surface area contributed by atoms with Crippen LogP contribution in [0.1, 0.15) is 40.5 Å². The third-order valence-electron chi connectivity index (χ3n) is 5.53. The van der Waals surface area contributed by atoms with Crippen molar-refractivity contribution in [2.75, 3.05) is 10.6 Å². The van der Waals surface area contributed by atoms with Crippen molar-refractivity contribution >= 4 is 56.5 Å². The SMILES string of the molecule is CCC(Sc1cccc(NC(=O)CC(C)(C)C)c1)C(=O)Nc1nc(-c2ccc3ccccc3c2)cs1. The van der Waals surface area contributed by atoms with Gasteiger partial charge in [-0.2, -0.15) is 0 Å². The molecule has 186 valence electrons. The smallest absolute Gasteiger partial charge is 0.239 e. The van der Waals surface area contributed by atoms with E-state index in [1.165, 1.54) is 28.5 Å². The fourth-order valence-corrected chi connectivity index (χ4v) is 5.55. The molecule has 3 aromatic carbocycles. The number of nitrogens with one attached hydrogen (secondary N) is 2. The number of thioether (sulfide) groups is 1. The number of amides is 2. The van der Waals surface area contributed by atoms with Gasteiger partial charge in [0, 0.05) is 27.9 Å². The van der Waals surface area contributed by atoms with E-state index in [-0.39, 0.29) is 22.5 Å². The van der Waals surface area contributed by atoms with E-state index in [4.69, 9.17) is 0 Å². The molecule has 2 N–H and O–H groups in total. The maximum atomic E-state index is 13.1. The van der Waals surface area contributed by atoms with Crippen LogP contribution in [-0.4, -0.2) is 22.0 Å². The summed E-state index contributed by atoms with van der Waals surface area (Å²) in [6.07, 6.45) is 1.11. The van der Waals surface area contributed by atoms with Crippen molar-refractivity contribution in [3.63, 3.8) is 0 Å². The predicted octanol–water partition coefficient (Wildman–Crippen LogP) is 7.85. The first-order chi connectivity index (χ1) is 17.2. The molecule has 0 saturated heterocycles. The van der Waals surface area contributed by atoms with E-state index in [0.717, 1.165) is 27.2 Å². The Labute approximate surface area is 220 Å². The van der Waals surface area contributed by atoms with Crippen molar-refractivity contribution in [3.8, 4) is 11.3 Å². The summed E-state index contributed by atoms with van der Waals surface area (Å²) in [5.74, 6) is -0.0931. The first-order valence-corrected chi connectivity index (χ1v) is 13.8. The monoisotopic (exact) mass is 517 g/mol. The number of rotatable bonds is 8. The number of aromatic nitrogens is 1. The molecule has 0 spiro atoms. The zero-order valence-electron chi connectivity index (χ0n) is 21.0. The average Bonchev–Trinajstić information content (AvgIpc) is 3.29. The minimum atomic E-state index is -0.279. The first kappa shape index (κ1) is 25.9. The molecule has 2 amide bonds. The fourth-order valence-electron chi connectivity index (χ4n) is 3.82. The molecule has 5 nitrogen and oxygen atoms in total. The van der Waals surface area contributed by atoms with Crippen LogP contribution in [0.3, 0.4) is 0 Å². The average molecular weight is 518 g/mol. The third kappa shape index (κ3) is 6.95. The van der Waals surface area contributed by atoms with Crippen LogP contribution in [0.4, 0.5) is 10.8 Å². The molecule has 1 aromatic heterocycles. The van der Waals surface area contributed by atoms with E-state index in [9.17, 15) is 9.59 Å². The summed E-state index contributed by atoms with van der Waals surface area (Å²) >= 11 is 2.91. The number of fused-ring (bicyclic) bond motifs is 1. The largest absolute Gasteiger partial charge is 0.326 e. The van der Waals surface area contributed by atoms with Gasteiger partial charge in [0.15, 0.2) is 5.13 Å². The topological polar surface area (TPSA) is 71.1 Å². The minimum absolute atomic E-state index is 0.0135. The minimum Gasteiger partial charge on any atom is -0.326 e. The first-order valence-electron chi connectivity index (χ1n) is 12.0. The van der Waals surface area contributed by atoms with E-state index in [1.807, 2.05) is 69.5 Å². The van der Waals surface area contributed by atoms with Crippen LogP contribution in [0.15, 0.2) is 77.0 Å². The summed E-state index contributed by atoms with van der Waals surface area (Å²) in [7, 11) is 0. The molecule has 0 aliphatic heterocycles. The molecule has 0 radical (unpaired) electrons. The van der Waals surface area contributed by atoms with Crippen LogP contribution >= 0.6 is 23.1 Å². The lowest BCUT2D eigenvalue weighted by molar-refractivity contribution is -0.118. The van der Waals surface area contributed by atoms with E-state index in [0.29, 0.717) is 18.0 Å². The lowest BCUT2D eigenvalue weighted by Gasteiger charge is -2.18. The normalized spacial score (nSPS) is 12.3. The van der Waals surface area contributed by atoms with Crippen LogP contribution in [0, 0.1) is 5.41 Å². The van der Waals surface area contributed by atoms with Crippen molar-refractivity contribution < 1.29 is 9.59 Å². The van der Waals surface area contributed by atoms with Gasteiger partial charge in [-0.1, -0.05) is 70.2 Å². The van der Waals surface area contributed by atoms with Gasteiger partial charge in [0.1, 0.15) is 0 Å². The summed E-state index contributed by atoms with van der Waals surface area (Å²) in [4.78, 5) is 31.0. The maximum absolute atomic E-state index is 13.1. The van der Waals surface area contributed by atoms with Gasteiger partial charge in [0.05, 0.1) is 10.9 Å². The van der Waals surface area contributed by atoms with Crippen LogP contribution in [0.2, 0.25) is 0 Å². The number of carbonyl (C=O) groups excluding carboxylic acids is 2. The van der Waals surface area contributed by atoms with E-state index in [2.05, 4.69) is 45.9 Å². The third-order valence-corrected chi connectivity index (χ3v) is 7.65. The number of benzene rings is 3. The highest BCUT2D eigenvalue weighted by Crippen LogP contribution is 2.31. The van der Waals surface area contributed by atoms with Crippen molar-refractivity contribution in [1.82, 2.24) is 4.98 Å². The molecular formula is C29H31N3O2S2. The highest BCUT2D eigenvalue weighted by atomic mass is 32.2. The number of carbonyl (C=O) groups is 2. The van der Waals surface area contributed by atoms with Crippen LogP contribution < -0.4 is 10.6 Å². The van der Waals surface area contributed by atoms with Crippen molar-refractivity contribution in [1.29, 1.82) is 0 Å². The fraction of sp³-hybridized carbons (Fsp3) is 0.276. The molecule has 1 heterocycles. The molecule has 0 aliphatic carbocycles. The molecular weight excluding hydrogens is 486 g/mol. The van der Waals surface area contributed by atoms with Gasteiger partial charge >= 0.3 is 0 Å². The van der Waals surface area contributed by atoms with Crippen LogP contribution in [0.25, 0.3) is 22.0 Å². The van der Waals surface area contributed by atoms with Gasteiger partial charge in [0.25, 0.3) is 0 Å². The summed E-state index contributed by atoms with van der Waals surface area (Å²) in [6.45, 7) is 8.11. The molecule has 4 rings (SSSR count). The second kappa shape index (κ2) is 11.3. The Morgan fingerprint density at radius 1 is 0.972 bits per heavy atom. The zero-order valence-corrected chi connectivity index (χ0v) is 22.6. The quantitative estimate of drug-likeness (QED) is 0.234. The number of thiazole rings is 1. The second-order valence-electron chi connectivity index (χ2n) is 9.92. The lowest BCUT2D eigenvalue weighted by Crippen LogP contribution is -2.24. The number of hydrogen-bond donors (Lipinski definition) is 2. The molecule has 36 heavy (non-hydrogen) atoms. The van der Waals surface area contributed by atoms with Gasteiger partial charge < -0.3 is 10.6 Å². The van der Waals surface area contributed by atoms with Crippen molar-refractivity contribution in [2.45, 2.75) is 50.7 Å². The Hall–Kier alpha value is -3.16. The number of hydrogen-bond acceptors (Lipinski definition) is 5. The van der Waals surface area contributed by atoms with Crippen molar-refractivity contribution in [3.05, 3.63) is 72.1 Å². The highest BCUT2D eigenvalue weighted by molar-refractivity contribution is 8.00. The Balaban J connectivity index is 1.40. The second-order valence-corrected chi connectivity index (χ2v) is 12.1. The van der Waals surface area contributed by atoms with Gasteiger partial charge in [0.2, 0.25) is 11.8 Å². The number of nitrogens with zero attached hydrogens (tertiary/aromatic N) is 1. The Morgan fingerprint density at radius 3 is 2.50 bits per heavy atom. The van der Waals surface area contributed by atoms with E-state index < -0.39 is 0 Å². The van der Waals surface area contributed by atoms with E-state index >= 15 is 0 Å². The molecule has 7 heteroatoms. The zero-order chi connectivity index (χ0) is 25.7. The Kier molecular flexibility index (Phi) is 8.11. The van der Waals surface area contributed by atoms with Gasteiger partial charge in [-0.05, 0) is 46.9 Å². The Morgan fingerprint density at radius 2 is 1.75 bits per heavy atom. The standard InChI is InChI=1S/C29H31N3O2S2/c1-5-25(36-23-12-8-11-22(16-23)30-26(33)17-29(2,3)4)27(34)32-28-31-24(18-35-28)21-14-13-19-9-6-7-10-20(19)15-21/h6-16,18,25H,5,17H2,1-4H3,(H,30,33)(H,31,32,34). The Bertz CT molecular complexity index is 1370. The maximum Gasteiger partial charge on any atom is 0.239 e. The summed E-state index contributed by atoms with van der Waals surface area (Å²) in [5.41, 5.74) is 2.54. The highest BCUT2D eigenvalue weighted by Gasteiger charge is 2.20. The molecule has 0 fully saturated rings. The van der Waals surface area contributed by atoms with Gasteiger partial charge in [-0.3, -0.25) is 9.59 Å². The van der Waals surface area contributed by atoms with E-state index in [1.54, 1.807) is 0 Å². The number of anilines is 2. The molecule has 4 aromatic rings.